The number of piperidine rings is 1. The molecule has 1 saturated heterocycles. The molecule has 0 amide bonds. The Kier molecular flexibility index (Phi) is 8.52. The Morgan fingerprint density at radius 2 is 2.05 bits per heavy atom. The molecule has 4 nitrogen and oxygen atoms in total. The van der Waals surface area contributed by atoms with Gasteiger partial charge in [-0.3, -0.25) is 9.89 Å². The van der Waals surface area contributed by atoms with E-state index in [2.05, 4.69) is 39.6 Å². The maximum absolute atomic E-state index is 4.30. The summed E-state index contributed by atoms with van der Waals surface area (Å²) in [5, 5.41) is 6.91. The van der Waals surface area contributed by atoms with Gasteiger partial charge in [0.05, 0.1) is 0 Å². The van der Waals surface area contributed by atoms with E-state index in [1.54, 1.807) is 0 Å². The number of guanidine groups is 1. The molecule has 20 heavy (non-hydrogen) atoms. The molecule has 2 N–H and O–H groups in total. The molecule has 1 atom stereocenters. The summed E-state index contributed by atoms with van der Waals surface area (Å²) in [4.78, 5) is 6.89. The number of aliphatic imine (C=N–C) groups is 1. The van der Waals surface area contributed by atoms with Crippen LogP contribution in [-0.2, 0) is 0 Å². The number of rotatable bonds is 4. The predicted molar refractivity (Wildman–Crippen MR) is 97.0 cm³/mol. The normalized spacial score (nSPS) is 24.5. The second kappa shape index (κ2) is 9.60. The molecule has 116 valence electrons. The fourth-order valence-electron chi connectivity index (χ4n) is 2.93. The number of hydrogen-bond donors (Lipinski definition) is 2. The van der Waals surface area contributed by atoms with Crippen LogP contribution in [0.15, 0.2) is 17.1 Å². The molecular formula is C15H29IN4. The maximum atomic E-state index is 4.30. The van der Waals surface area contributed by atoms with Crippen LogP contribution >= 0.6 is 24.0 Å². The summed E-state index contributed by atoms with van der Waals surface area (Å²) in [6, 6.07) is 1.27. The summed E-state index contributed by atoms with van der Waals surface area (Å²) in [6.07, 6.45) is 10.8. The lowest BCUT2D eigenvalue weighted by molar-refractivity contribution is 0.163. The summed E-state index contributed by atoms with van der Waals surface area (Å²) in [5.74, 6) is 0.943. The average molecular weight is 392 g/mol. The van der Waals surface area contributed by atoms with Crippen molar-refractivity contribution in [2.45, 2.75) is 51.1 Å². The molecule has 1 aliphatic carbocycles. The summed E-state index contributed by atoms with van der Waals surface area (Å²) in [6.45, 7) is 5.69. The molecular weight excluding hydrogens is 363 g/mol. The SMILES string of the molecule is CN=C(NCCN1CCCCC1C)NC1CC=CC1.I. The zero-order valence-corrected chi connectivity index (χ0v) is 15.1. The first kappa shape index (κ1) is 17.8. The average Bonchev–Trinajstić information content (AvgIpc) is 2.92. The number of nitrogens with zero attached hydrogens (tertiary/aromatic N) is 2. The monoisotopic (exact) mass is 392 g/mol. The summed E-state index contributed by atoms with van der Waals surface area (Å²) >= 11 is 0. The second-order valence-electron chi connectivity index (χ2n) is 5.66. The Morgan fingerprint density at radius 3 is 2.70 bits per heavy atom. The van der Waals surface area contributed by atoms with Gasteiger partial charge < -0.3 is 10.6 Å². The molecule has 1 fully saturated rings. The van der Waals surface area contributed by atoms with Gasteiger partial charge in [-0.2, -0.15) is 0 Å². The molecule has 0 radical (unpaired) electrons. The van der Waals surface area contributed by atoms with Gasteiger partial charge >= 0.3 is 0 Å². The highest BCUT2D eigenvalue weighted by Gasteiger charge is 2.17. The number of hydrogen-bond acceptors (Lipinski definition) is 2. The highest BCUT2D eigenvalue weighted by atomic mass is 127. The van der Waals surface area contributed by atoms with Crippen molar-refractivity contribution in [2.24, 2.45) is 4.99 Å². The molecule has 0 aromatic heterocycles. The third kappa shape index (κ3) is 5.60. The highest BCUT2D eigenvalue weighted by molar-refractivity contribution is 14.0. The first-order valence-electron chi connectivity index (χ1n) is 7.66. The van der Waals surface area contributed by atoms with Gasteiger partial charge in [-0.25, -0.2) is 0 Å². The number of halogens is 1. The fraction of sp³-hybridized carbons (Fsp3) is 0.800. The van der Waals surface area contributed by atoms with Gasteiger partial charge in [-0.15, -0.1) is 24.0 Å². The first-order chi connectivity index (χ1) is 9.29. The summed E-state index contributed by atoms with van der Waals surface area (Å²) < 4.78 is 0. The molecule has 5 heteroatoms. The van der Waals surface area contributed by atoms with Crippen LogP contribution in [0.5, 0.6) is 0 Å². The molecule has 0 saturated carbocycles. The summed E-state index contributed by atoms with van der Waals surface area (Å²) in [7, 11) is 1.85. The molecule has 1 aliphatic heterocycles. The molecule has 1 heterocycles. The lowest BCUT2D eigenvalue weighted by Gasteiger charge is -2.33. The molecule has 2 aliphatic rings. The Balaban J connectivity index is 0.00000200. The van der Waals surface area contributed by atoms with E-state index < -0.39 is 0 Å². The van der Waals surface area contributed by atoms with Crippen LogP contribution in [0, 0.1) is 0 Å². The fourth-order valence-corrected chi connectivity index (χ4v) is 2.93. The van der Waals surface area contributed by atoms with Crippen molar-refractivity contribution in [1.29, 1.82) is 0 Å². The van der Waals surface area contributed by atoms with E-state index in [4.69, 9.17) is 0 Å². The largest absolute Gasteiger partial charge is 0.355 e. The van der Waals surface area contributed by atoms with Crippen molar-refractivity contribution in [3.05, 3.63) is 12.2 Å². The Hall–Kier alpha value is -0.300. The van der Waals surface area contributed by atoms with Gasteiger partial charge in [0.1, 0.15) is 0 Å². The lowest BCUT2D eigenvalue weighted by Crippen LogP contribution is -2.47. The number of nitrogens with one attached hydrogen (secondary N) is 2. The zero-order valence-electron chi connectivity index (χ0n) is 12.8. The minimum atomic E-state index is 0. The summed E-state index contributed by atoms with van der Waals surface area (Å²) in [5.41, 5.74) is 0. The molecule has 0 spiro atoms. The van der Waals surface area contributed by atoms with Gasteiger partial charge in [0.15, 0.2) is 5.96 Å². The van der Waals surface area contributed by atoms with E-state index in [0.29, 0.717) is 6.04 Å². The van der Waals surface area contributed by atoms with E-state index in [1.165, 1.54) is 25.8 Å². The third-order valence-corrected chi connectivity index (χ3v) is 4.20. The molecule has 0 aromatic rings. The van der Waals surface area contributed by atoms with Crippen molar-refractivity contribution in [1.82, 2.24) is 15.5 Å². The topological polar surface area (TPSA) is 39.7 Å². The van der Waals surface area contributed by atoms with Gasteiger partial charge in [-0.1, -0.05) is 18.6 Å². The molecule has 2 rings (SSSR count). The number of likely N-dealkylation sites (tertiary alicyclic amines) is 1. The second-order valence-corrected chi connectivity index (χ2v) is 5.66. The smallest absolute Gasteiger partial charge is 0.191 e. The molecule has 0 bridgehead atoms. The van der Waals surface area contributed by atoms with Gasteiger partial charge in [0.25, 0.3) is 0 Å². The standard InChI is InChI=1S/C15H28N4.HI/c1-13-7-5-6-11-19(13)12-10-17-15(16-2)18-14-8-3-4-9-14;/h3-4,13-14H,5-12H2,1-2H3,(H2,16,17,18);1H. The van der Waals surface area contributed by atoms with Crippen LogP contribution in [0.1, 0.15) is 39.0 Å². The van der Waals surface area contributed by atoms with Crippen LogP contribution < -0.4 is 10.6 Å². The van der Waals surface area contributed by atoms with Crippen LogP contribution in [0.4, 0.5) is 0 Å². The van der Waals surface area contributed by atoms with Crippen molar-refractivity contribution >= 4 is 29.9 Å². The van der Waals surface area contributed by atoms with Gasteiger partial charge in [0.2, 0.25) is 0 Å². The Morgan fingerprint density at radius 1 is 1.30 bits per heavy atom. The van der Waals surface area contributed by atoms with E-state index in [-0.39, 0.29) is 24.0 Å². The van der Waals surface area contributed by atoms with E-state index in [1.807, 2.05) is 7.05 Å². The van der Waals surface area contributed by atoms with Crippen LogP contribution in [0.3, 0.4) is 0 Å². The van der Waals surface area contributed by atoms with Crippen molar-refractivity contribution in [3.63, 3.8) is 0 Å². The molecule has 0 aromatic carbocycles. The predicted octanol–water partition coefficient (Wildman–Crippen LogP) is 2.36. The van der Waals surface area contributed by atoms with Crippen LogP contribution in [0.2, 0.25) is 0 Å². The third-order valence-electron chi connectivity index (χ3n) is 4.20. The maximum Gasteiger partial charge on any atom is 0.191 e. The van der Waals surface area contributed by atoms with Crippen molar-refractivity contribution in [2.75, 3.05) is 26.7 Å². The van der Waals surface area contributed by atoms with Gasteiger partial charge in [0, 0.05) is 32.2 Å². The van der Waals surface area contributed by atoms with Crippen molar-refractivity contribution in [3.8, 4) is 0 Å². The van der Waals surface area contributed by atoms with E-state index in [9.17, 15) is 0 Å². The van der Waals surface area contributed by atoms with E-state index >= 15 is 0 Å². The first-order valence-corrected chi connectivity index (χ1v) is 7.66. The Labute approximate surface area is 140 Å². The quantitative estimate of drug-likeness (QED) is 0.334. The van der Waals surface area contributed by atoms with Crippen molar-refractivity contribution < 1.29 is 0 Å². The van der Waals surface area contributed by atoms with E-state index in [0.717, 1.165) is 37.9 Å². The highest BCUT2D eigenvalue weighted by Crippen LogP contribution is 2.15. The van der Waals surface area contributed by atoms with Gasteiger partial charge in [-0.05, 0) is 39.2 Å². The minimum absolute atomic E-state index is 0. The lowest BCUT2D eigenvalue weighted by atomic mass is 10.0. The molecule has 1 unspecified atom stereocenters. The zero-order chi connectivity index (χ0) is 13.5. The van der Waals surface area contributed by atoms with Crippen LogP contribution in [0.25, 0.3) is 0 Å². The Bertz CT molecular complexity index is 322. The van der Waals surface area contributed by atoms with Crippen LogP contribution in [-0.4, -0.2) is 49.6 Å². The minimum Gasteiger partial charge on any atom is -0.355 e.